The molecule has 1 heterocycles. The lowest BCUT2D eigenvalue weighted by Crippen LogP contribution is -2.40. The summed E-state index contributed by atoms with van der Waals surface area (Å²) in [5.41, 5.74) is 0. The molecular formula is C12H24N2O3. The number of ether oxygens (including phenoxy) is 2. The summed E-state index contributed by atoms with van der Waals surface area (Å²) < 4.78 is 10.5. The van der Waals surface area contributed by atoms with Crippen molar-refractivity contribution >= 4 is 6.03 Å². The SMILES string of the molecule is COCCNC(=O)N(C)CCC1CCCCO1. The number of hydrogen-bond donors (Lipinski definition) is 1. The van der Waals surface area contributed by atoms with Crippen molar-refractivity contribution in [3.8, 4) is 0 Å². The standard InChI is InChI=1S/C12H24N2O3/c1-14(12(15)13-7-10-16-2)8-6-11-5-3-4-9-17-11/h11H,3-10H2,1-2H3,(H,13,15). The summed E-state index contributed by atoms with van der Waals surface area (Å²) in [5, 5.41) is 2.79. The Labute approximate surface area is 103 Å². The summed E-state index contributed by atoms with van der Waals surface area (Å²) >= 11 is 0. The van der Waals surface area contributed by atoms with Crippen LogP contribution in [0.2, 0.25) is 0 Å². The maximum Gasteiger partial charge on any atom is 0.317 e. The Morgan fingerprint density at radius 1 is 1.53 bits per heavy atom. The summed E-state index contributed by atoms with van der Waals surface area (Å²) in [5.74, 6) is 0. The normalized spacial score (nSPS) is 20.0. The lowest BCUT2D eigenvalue weighted by atomic mass is 10.1. The predicted molar refractivity (Wildman–Crippen MR) is 66.1 cm³/mol. The summed E-state index contributed by atoms with van der Waals surface area (Å²) in [6, 6.07) is -0.0436. The van der Waals surface area contributed by atoms with Crippen molar-refractivity contribution in [2.75, 3.05) is 40.5 Å². The molecule has 0 aromatic rings. The summed E-state index contributed by atoms with van der Waals surface area (Å²) in [6.07, 6.45) is 4.80. The number of urea groups is 1. The van der Waals surface area contributed by atoms with E-state index in [1.807, 2.05) is 7.05 Å². The van der Waals surface area contributed by atoms with E-state index in [1.165, 1.54) is 12.8 Å². The minimum Gasteiger partial charge on any atom is -0.383 e. The molecule has 1 rings (SSSR count). The van der Waals surface area contributed by atoms with Gasteiger partial charge in [-0.3, -0.25) is 0 Å². The summed E-state index contributed by atoms with van der Waals surface area (Å²) in [7, 11) is 3.43. The van der Waals surface area contributed by atoms with Gasteiger partial charge in [-0.25, -0.2) is 4.79 Å². The van der Waals surface area contributed by atoms with Crippen LogP contribution in [-0.2, 0) is 9.47 Å². The van der Waals surface area contributed by atoms with Crippen LogP contribution in [0.25, 0.3) is 0 Å². The summed E-state index contributed by atoms with van der Waals surface area (Å²) in [4.78, 5) is 13.3. The van der Waals surface area contributed by atoms with E-state index in [1.54, 1.807) is 12.0 Å². The first-order valence-corrected chi connectivity index (χ1v) is 6.33. The van der Waals surface area contributed by atoms with Crippen molar-refractivity contribution in [2.45, 2.75) is 31.8 Å². The van der Waals surface area contributed by atoms with Gasteiger partial charge in [-0.1, -0.05) is 0 Å². The quantitative estimate of drug-likeness (QED) is 0.715. The smallest absolute Gasteiger partial charge is 0.317 e. The van der Waals surface area contributed by atoms with E-state index in [0.717, 1.165) is 26.0 Å². The van der Waals surface area contributed by atoms with Gasteiger partial charge in [0.15, 0.2) is 0 Å². The molecule has 0 radical (unpaired) electrons. The van der Waals surface area contributed by atoms with Crippen LogP contribution < -0.4 is 5.32 Å². The topological polar surface area (TPSA) is 50.8 Å². The fraction of sp³-hybridized carbons (Fsp3) is 0.917. The van der Waals surface area contributed by atoms with Crippen molar-refractivity contribution < 1.29 is 14.3 Å². The average molecular weight is 244 g/mol. The first kappa shape index (κ1) is 14.3. The van der Waals surface area contributed by atoms with Crippen LogP contribution in [0.15, 0.2) is 0 Å². The molecule has 0 spiro atoms. The molecule has 1 atom stereocenters. The van der Waals surface area contributed by atoms with Gasteiger partial charge in [0.25, 0.3) is 0 Å². The molecule has 1 unspecified atom stereocenters. The van der Waals surface area contributed by atoms with Crippen molar-refractivity contribution in [3.05, 3.63) is 0 Å². The van der Waals surface area contributed by atoms with Gasteiger partial charge in [0.1, 0.15) is 0 Å². The van der Waals surface area contributed by atoms with Crippen LogP contribution in [0.3, 0.4) is 0 Å². The van der Waals surface area contributed by atoms with Crippen LogP contribution in [0.1, 0.15) is 25.7 Å². The highest BCUT2D eigenvalue weighted by atomic mass is 16.5. The molecule has 1 aliphatic rings. The Morgan fingerprint density at radius 2 is 2.35 bits per heavy atom. The second-order valence-electron chi connectivity index (χ2n) is 4.42. The van der Waals surface area contributed by atoms with E-state index in [2.05, 4.69) is 5.32 Å². The number of amides is 2. The number of nitrogens with one attached hydrogen (secondary N) is 1. The maximum absolute atomic E-state index is 11.6. The minimum absolute atomic E-state index is 0.0436. The van der Waals surface area contributed by atoms with Gasteiger partial charge in [0.2, 0.25) is 0 Å². The molecule has 17 heavy (non-hydrogen) atoms. The highest BCUT2D eigenvalue weighted by Gasteiger charge is 2.15. The molecule has 1 saturated heterocycles. The van der Waals surface area contributed by atoms with Crippen LogP contribution in [0.4, 0.5) is 4.79 Å². The molecule has 2 amide bonds. The van der Waals surface area contributed by atoms with Gasteiger partial charge >= 0.3 is 6.03 Å². The van der Waals surface area contributed by atoms with Gasteiger partial charge in [-0.2, -0.15) is 0 Å². The third-order valence-electron chi connectivity index (χ3n) is 2.99. The van der Waals surface area contributed by atoms with Gasteiger partial charge in [0, 0.05) is 33.9 Å². The molecule has 0 bridgehead atoms. The fourth-order valence-electron chi connectivity index (χ4n) is 1.87. The molecular weight excluding hydrogens is 220 g/mol. The molecule has 0 aromatic heterocycles. The zero-order valence-electron chi connectivity index (χ0n) is 10.9. The molecule has 0 aromatic carbocycles. The van der Waals surface area contributed by atoms with Gasteiger partial charge in [-0.15, -0.1) is 0 Å². The maximum atomic E-state index is 11.6. The number of carbonyl (C=O) groups excluding carboxylic acids is 1. The predicted octanol–water partition coefficient (Wildman–Crippen LogP) is 1.23. The Balaban J connectivity index is 2.10. The third-order valence-corrected chi connectivity index (χ3v) is 2.99. The Hall–Kier alpha value is -0.810. The molecule has 1 aliphatic heterocycles. The molecule has 5 nitrogen and oxygen atoms in total. The monoisotopic (exact) mass is 244 g/mol. The second kappa shape index (κ2) is 8.31. The van der Waals surface area contributed by atoms with Gasteiger partial charge in [-0.05, 0) is 25.7 Å². The number of rotatable bonds is 6. The van der Waals surface area contributed by atoms with E-state index in [-0.39, 0.29) is 6.03 Å². The fourth-order valence-corrected chi connectivity index (χ4v) is 1.87. The van der Waals surface area contributed by atoms with Crippen LogP contribution in [0, 0.1) is 0 Å². The minimum atomic E-state index is -0.0436. The van der Waals surface area contributed by atoms with Crippen LogP contribution in [-0.4, -0.2) is 57.5 Å². The second-order valence-corrected chi connectivity index (χ2v) is 4.42. The van der Waals surface area contributed by atoms with Crippen LogP contribution in [0.5, 0.6) is 0 Å². The van der Waals surface area contributed by atoms with Crippen molar-refractivity contribution in [1.29, 1.82) is 0 Å². The van der Waals surface area contributed by atoms with Gasteiger partial charge in [0.05, 0.1) is 12.7 Å². The number of hydrogen-bond acceptors (Lipinski definition) is 3. The lowest BCUT2D eigenvalue weighted by Gasteiger charge is -2.25. The van der Waals surface area contributed by atoms with Gasteiger partial charge < -0.3 is 19.7 Å². The summed E-state index contributed by atoms with van der Waals surface area (Å²) in [6.45, 7) is 2.71. The van der Waals surface area contributed by atoms with E-state index in [4.69, 9.17) is 9.47 Å². The van der Waals surface area contributed by atoms with Crippen molar-refractivity contribution in [3.63, 3.8) is 0 Å². The molecule has 5 heteroatoms. The largest absolute Gasteiger partial charge is 0.383 e. The number of nitrogens with zero attached hydrogens (tertiary/aromatic N) is 1. The molecule has 100 valence electrons. The van der Waals surface area contributed by atoms with Crippen molar-refractivity contribution in [2.24, 2.45) is 0 Å². The van der Waals surface area contributed by atoms with E-state index in [0.29, 0.717) is 19.3 Å². The highest BCUT2D eigenvalue weighted by molar-refractivity contribution is 5.73. The molecule has 1 fully saturated rings. The van der Waals surface area contributed by atoms with Crippen LogP contribution >= 0.6 is 0 Å². The zero-order chi connectivity index (χ0) is 12.5. The molecule has 1 N–H and O–H groups in total. The van der Waals surface area contributed by atoms with E-state index in [9.17, 15) is 4.79 Å². The average Bonchev–Trinajstić information content (AvgIpc) is 2.37. The van der Waals surface area contributed by atoms with E-state index < -0.39 is 0 Å². The number of carbonyl (C=O) groups is 1. The van der Waals surface area contributed by atoms with Crippen molar-refractivity contribution in [1.82, 2.24) is 10.2 Å². The molecule has 0 aliphatic carbocycles. The first-order valence-electron chi connectivity index (χ1n) is 6.33. The highest BCUT2D eigenvalue weighted by Crippen LogP contribution is 2.15. The Kier molecular flexibility index (Phi) is 6.96. The number of methoxy groups -OCH3 is 1. The molecule has 0 saturated carbocycles. The lowest BCUT2D eigenvalue weighted by molar-refractivity contribution is 0.00826. The zero-order valence-corrected chi connectivity index (χ0v) is 10.9. The van der Waals surface area contributed by atoms with E-state index >= 15 is 0 Å². The third kappa shape index (κ3) is 5.89. The Bertz CT molecular complexity index is 218. The Morgan fingerprint density at radius 3 is 3.00 bits per heavy atom. The first-order chi connectivity index (χ1) is 8.24.